The fourth-order valence-electron chi connectivity index (χ4n) is 1.49. The lowest BCUT2D eigenvalue weighted by molar-refractivity contribution is 0.636. The lowest BCUT2D eigenvalue weighted by Crippen LogP contribution is -2.13. The molecule has 2 rings (SSSR count). The Labute approximate surface area is 104 Å². The Bertz CT molecular complexity index is 581. The normalized spacial score (nSPS) is 10.0. The van der Waals surface area contributed by atoms with Gasteiger partial charge >= 0.3 is 0 Å². The molecule has 7 heteroatoms. The smallest absolute Gasteiger partial charge is 0.224 e. The molecule has 0 bridgehead atoms. The van der Waals surface area contributed by atoms with Crippen LogP contribution in [0.3, 0.4) is 0 Å². The van der Waals surface area contributed by atoms with Gasteiger partial charge in [-0.05, 0) is 13.0 Å². The van der Waals surface area contributed by atoms with Crippen molar-refractivity contribution in [3.63, 3.8) is 0 Å². The molecule has 0 aliphatic rings. The van der Waals surface area contributed by atoms with Gasteiger partial charge in [-0.1, -0.05) is 0 Å². The monoisotopic (exact) mass is 243 g/mol. The van der Waals surface area contributed by atoms with Gasteiger partial charge in [0, 0.05) is 18.4 Å². The molecule has 2 heterocycles. The Hall–Kier alpha value is -2.62. The number of aryl methyl sites for hydroxylation is 1. The highest BCUT2D eigenvalue weighted by Gasteiger charge is 2.01. The van der Waals surface area contributed by atoms with E-state index in [1.165, 1.54) is 0 Å². The number of hydrogen-bond acceptors (Lipinski definition) is 6. The van der Waals surface area contributed by atoms with Gasteiger partial charge in [0.2, 0.25) is 5.95 Å². The van der Waals surface area contributed by atoms with Gasteiger partial charge in [0.05, 0.1) is 18.4 Å². The van der Waals surface area contributed by atoms with Crippen molar-refractivity contribution in [2.75, 3.05) is 17.6 Å². The number of nitrogens with one attached hydrogen (secondary N) is 1. The summed E-state index contributed by atoms with van der Waals surface area (Å²) in [5.41, 5.74) is 7.30. The highest BCUT2D eigenvalue weighted by molar-refractivity contribution is 5.33. The SMILES string of the molecule is Cc1cc(C#N)nc(NCCn2cc(N)cn2)n1. The van der Waals surface area contributed by atoms with Gasteiger partial charge in [-0.15, -0.1) is 0 Å². The standard InChI is InChI=1S/C11H13N7/c1-8-4-10(5-12)17-11(16-8)14-2-3-18-7-9(13)6-15-18/h4,6-7H,2-3,13H2,1H3,(H,14,16,17). The van der Waals surface area contributed by atoms with Gasteiger partial charge < -0.3 is 11.1 Å². The quantitative estimate of drug-likeness (QED) is 0.812. The summed E-state index contributed by atoms with van der Waals surface area (Å²) in [6.45, 7) is 3.08. The van der Waals surface area contributed by atoms with Crippen LogP contribution >= 0.6 is 0 Å². The molecule has 0 saturated heterocycles. The zero-order chi connectivity index (χ0) is 13.0. The Morgan fingerprint density at radius 2 is 2.33 bits per heavy atom. The highest BCUT2D eigenvalue weighted by atomic mass is 15.3. The third-order valence-corrected chi connectivity index (χ3v) is 2.25. The Balaban J connectivity index is 1.94. The summed E-state index contributed by atoms with van der Waals surface area (Å²) >= 11 is 0. The van der Waals surface area contributed by atoms with Crippen molar-refractivity contribution in [1.29, 1.82) is 5.26 Å². The Morgan fingerprint density at radius 1 is 1.50 bits per heavy atom. The molecule has 2 aromatic rings. The molecule has 0 spiro atoms. The topological polar surface area (TPSA) is 105 Å². The zero-order valence-corrected chi connectivity index (χ0v) is 9.96. The van der Waals surface area contributed by atoms with Crippen LogP contribution in [0.15, 0.2) is 18.5 Å². The number of nitrogen functional groups attached to an aromatic ring is 1. The third-order valence-electron chi connectivity index (χ3n) is 2.25. The van der Waals surface area contributed by atoms with E-state index in [0.717, 1.165) is 5.69 Å². The first-order valence-corrected chi connectivity index (χ1v) is 5.45. The number of aromatic nitrogens is 4. The summed E-state index contributed by atoms with van der Waals surface area (Å²) in [7, 11) is 0. The molecule has 0 aromatic carbocycles. The number of rotatable bonds is 4. The minimum Gasteiger partial charge on any atom is -0.396 e. The predicted octanol–water partition coefficient (Wildman–Crippen LogP) is 0.547. The van der Waals surface area contributed by atoms with Crippen molar-refractivity contribution >= 4 is 11.6 Å². The second-order valence-electron chi connectivity index (χ2n) is 3.79. The van der Waals surface area contributed by atoms with Crippen molar-refractivity contribution in [2.45, 2.75) is 13.5 Å². The fraction of sp³-hybridized carbons (Fsp3) is 0.273. The van der Waals surface area contributed by atoms with E-state index in [0.29, 0.717) is 30.4 Å². The number of anilines is 2. The molecule has 0 saturated carbocycles. The van der Waals surface area contributed by atoms with E-state index >= 15 is 0 Å². The lowest BCUT2D eigenvalue weighted by Gasteiger charge is -2.05. The van der Waals surface area contributed by atoms with Gasteiger partial charge in [0.15, 0.2) is 0 Å². The first-order chi connectivity index (χ1) is 8.67. The molecule has 0 radical (unpaired) electrons. The Morgan fingerprint density at radius 3 is 3.00 bits per heavy atom. The zero-order valence-electron chi connectivity index (χ0n) is 9.96. The molecule has 0 amide bonds. The van der Waals surface area contributed by atoms with Gasteiger partial charge in [-0.2, -0.15) is 10.4 Å². The maximum absolute atomic E-state index is 8.80. The van der Waals surface area contributed by atoms with Gasteiger partial charge in [0.1, 0.15) is 11.8 Å². The molecule has 3 N–H and O–H groups in total. The Kier molecular flexibility index (Phi) is 3.38. The molecule has 2 aromatic heterocycles. The van der Waals surface area contributed by atoms with Crippen molar-refractivity contribution in [2.24, 2.45) is 0 Å². The van der Waals surface area contributed by atoms with Crippen LogP contribution in [0.2, 0.25) is 0 Å². The summed E-state index contributed by atoms with van der Waals surface area (Å²) in [6, 6.07) is 3.63. The van der Waals surface area contributed by atoms with Gasteiger partial charge in [0.25, 0.3) is 0 Å². The fourth-order valence-corrected chi connectivity index (χ4v) is 1.49. The maximum Gasteiger partial charge on any atom is 0.224 e. The third kappa shape index (κ3) is 2.95. The number of nitrogens with zero attached hydrogens (tertiary/aromatic N) is 5. The largest absolute Gasteiger partial charge is 0.396 e. The molecule has 92 valence electrons. The van der Waals surface area contributed by atoms with Crippen LogP contribution in [-0.4, -0.2) is 26.3 Å². The van der Waals surface area contributed by atoms with E-state index in [4.69, 9.17) is 11.0 Å². The van der Waals surface area contributed by atoms with E-state index in [9.17, 15) is 0 Å². The minimum absolute atomic E-state index is 0.355. The van der Waals surface area contributed by atoms with E-state index in [2.05, 4.69) is 20.4 Å². The van der Waals surface area contributed by atoms with Gasteiger partial charge in [-0.25, -0.2) is 9.97 Å². The van der Waals surface area contributed by atoms with Crippen LogP contribution in [0.5, 0.6) is 0 Å². The van der Waals surface area contributed by atoms with Crippen LogP contribution in [0.25, 0.3) is 0 Å². The molecular formula is C11H13N7. The second-order valence-corrected chi connectivity index (χ2v) is 3.79. The molecule has 0 aliphatic carbocycles. The first kappa shape index (κ1) is 11.9. The van der Waals surface area contributed by atoms with Crippen molar-refractivity contribution in [3.8, 4) is 6.07 Å². The van der Waals surface area contributed by atoms with E-state index in [1.807, 2.05) is 13.0 Å². The second kappa shape index (κ2) is 5.14. The summed E-state index contributed by atoms with van der Waals surface area (Å²) in [4.78, 5) is 8.24. The molecule has 0 aliphatic heterocycles. The maximum atomic E-state index is 8.80. The van der Waals surface area contributed by atoms with Gasteiger partial charge in [-0.3, -0.25) is 4.68 Å². The molecule has 0 fully saturated rings. The summed E-state index contributed by atoms with van der Waals surface area (Å²) in [5, 5.41) is 15.9. The average molecular weight is 243 g/mol. The van der Waals surface area contributed by atoms with Crippen LogP contribution in [0.1, 0.15) is 11.4 Å². The number of hydrogen-bond donors (Lipinski definition) is 2. The number of nitriles is 1. The molecule has 18 heavy (non-hydrogen) atoms. The van der Waals surface area contributed by atoms with Crippen molar-refractivity contribution < 1.29 is 0 Å². The molecule has 0 atom stereocenters. The van der Waals surface area contributed by atoms with E-state index in [-0.39, 0.29) is 0 Å². The minimum atomic E-state index is 0.355. The molecule has 0 unspecified atom stereocenters. The molecular weight excluding hydrogens is 230 g/mol. The first-order valence-electron chi connectivity index (χ1n) is 5.45. The van der Waals surface area contributed by atoms with E-state index in [1.54, 1.807) is 23.1 Å². The summed E-state index contributed by atoms with van der Waals surface area (Å²) in [5.74, 6) is 0.451. The van der Waals surface area contributed by atoms with Crippen LogP contribution in [0, 0.1) is 18.3 Å². The predicted molar refractivity (Wildman–Crippen MR) is 66.6 cm³/mol. The lowest BCUT2D eigenvalue weighted by atomic mass is 10.3. The number of nitrogens with two attached hydrogens (primary N) is 1. The molecule has 7 nitrogen and oxygen atoms in total. The average Bonchev–Trinajstić information content (AvgIpc) is 2.74. The van der Waals surface area contributed by atoms with E-state index < -0.39 is 0 Å². The van der Waals surface area contributed by atoms with Crippen LogP contribution < -0.4 is 11.1 Å². The van der Waals surface area contributed by atoms with Crippen molar-refractivity contribution in [3.05, 3.63) is 29.8 Å². The summed E-state index contributed by atoms with van der Waals surface area (Å²) in [6.07, 6.45) is 3.34. The summed E-state index contributed by atoms with van der Waals surface area (Å²) < 4.78 is 1.73. The van der Waals surface area contributed by atoms with Crippen molar-refractivity contribution in [1.82, 2.24) is 19.7 Å². The van der Waals surface area contributed by atoms with Crippen LogP contribution in [0.4, 0.5) is 11.6 Å². The highest BCUT2D eigenvalue weighted by Crippen LogP contribution is 2.04. The van der Waals surface area contributed by atoms with Crippen LogP contribution in [-0.2, 0) is 6.54 Å².